The fourth-order valence-electron chi connectivity index (χ4n) is 2.25. The fourth-order valence-corrected chi connectivity index (χ4v) is 2.25. The van der Waals surface area contributed by atoms with Gasteiger partial charge >= 0.3 is 0 Å². The van der Waals surface area contributed by atoms with Gasteiger partial charge in [-0.2, -0.15) is 0 Å². The maximum absolute atomic E-state index is 3.61. The first-order chi connectivity index (χ1) is 8.85. The van der Waals surface area contributed by atoms with Gasteiger partial charge in [-0.3, -0.25) is 0 Å². The van der Waals surface area contributed by atoms with Gasteiger partial charge in [0.1, 0.15) is 0 Å². The molecule has 0 unspecified atom stereocenters. The molecule has 2 aliphatic rings. The summed E-state index contributed by atoms with van der Waals surface area (Å²) in [5.41, 5.74) is 3.83. The number of allylic oxidation sites excluding steroid dienone is 2. The van der Waals surface area contributed by atoms with Crippen LogP contribution >= 0.6 is 0 Å². The molecule has 2 heteroatoms. The van der Waals surface area contributed by atoms with E-state index in [2.05, 4.69) is 41.0 Å². The highest BCUT2D eigenvalue weighted by atomic mass is 14.9. The Kier molecular flexibility index (Phi) is 3.26. The Morgan fingerprint density at radius 1 is 1.11 bits per heavy atom. The predicted octanol–water partition coefficient (Wildman–Crippen LogP) is 4.23. The van der Waals surface area contributed by atoms with Gasteiger partial charge in [0.15, 0.2) is 0 Å². The Balaban J connectivity index is 1.64. The predicted molar refractivity (Wildman–Crippen MR) is 77.8 cm³/mol. The molecule has 2 nitrogen and oxygen atoms in total. The average Bonchev–Trinajstić information content (AvgIpc) is 3.29. The standard InChI is InChI=1S/C16H22N2/c1-17-14-7-9-15(10-8-14)18-16(13-5-6-13)11-4-12-2-3-12/h7-13,17-18H,2-6H2,1H3/b16-11-. The Morgan fingerprint density at radius 2 is 1.78 bits per heavy atom. The molecule has 0 saturated heterocycles. The quantitative estimate of drug-likeness (QED) is 0.780. The summed E-state index contributed by atoms with van der Waals surface area (Å²) in [6.07, 6.45) is 9.31. The lowest BCUT2D eigenvalue weighted by Gasteiger charge is -2.11. The monoisotopic (exact) mass is 242 g/mol. The van der Waals surface area contributed by atoms with Crippen molar-refractivity contribution in [3.8, 4) is 0 Å². The molecule has 2 saturated carbocycles. The second kappa shape index (κ2) is 5.05. The molecule has 2 aliphatic carbocycles. The number of hydrogen-bond acceptors (Lipinski definition) is 2. The molecule has 1 aromatic carbocycles. The maximum Gasteiger partial charge on any atom is 0.0383 e. The molecule has 0 spiro atoms. The van der Waals surface area contributed by atoms with Crippen LogP contribution in [-0.4, -0.2) is 7.05 Å². The van der Waals surface area contributed by atoms with Crippen molar-refractivity contribution in [1.29, 1.82) is 0 Å². The normalized spacial score (nSPS) is 19.7. The highest BCUT2D eigenvalue weighted by Gasteiger charge is 2.27. The number of nitrogens with one attached hydrogen (secondary N) is 2. The van der Waals surface area contributed by atoms with Crippen LogP contribution in [0.1, 0.15) is 32.1 Å². The van der Waals surface area contributed by atoms with Gasteiger partial charge in [-0.25, -0.2) is 0 Å². The molecule has 0 heterocycles. The molecule has 0 atom stereocenters. The molecule has 1 aromatic rings. The van der Waals surface area contributed by atoms with Gasteiger partial charge in [-0.05, 0) is 68.2 Å². The van der Waals surface area contributed by atoms with E-state index >= 15 is 0 Å². The number of anilines is 2. The molecule has 2 fully saturated rings. The van der Waals surface area contributed by atoms with Gasteiger partial charge in [0.05, 0.1) is 0 Å². The zero-order valence-electron chi connectivity index (χ0n) is 11.1. The smallest absolute Gasteiger partial charge is 0.0383 e. The van der Waals surface area contributed by atoms with Crippen LogP contribution in [0, 0.1) is 11.8 Å². The first-order valence-corrected chi connectivity index (χ1v) is 7.10. The van der Waals surface area contributed by atoms with Gasteiger partial charge in [0.2, 0.25) is 0 Å². The summed E-state index contributed by atoms with van der Waals surface area (Å²) in [4.78, 5) is 0. The van der Waals surface area contributed by atoms with Crippen LogP contribution in [0.25, 0.3) is 0 Å². The van der Waals surface area contributed by atoms with Crippen LogP contribution in [0.4, 0.5) is 11.4 Å². The number of benzene rings is 1. The van der Waals surface area contributed by atoms with Gasteiger partial charge < -0.3 is 10.6 Å². The molecule has 3 rings (SSSR count). The summed E-state index contributed by atoms with van der Waals surface area (Å²) in [6, 6.07) is 8.54. The summed E-state index contributed by atoms with van der Waals surface area (Å²) >= 11 is 0. The Morgan fingerprint density at radius 3 is 2.33 bits per heavy atom. The van der Waals surface area contributed by atoms with Crippen LogP contribution in [0.3, 0.4) is 0 Å². The minimum atomic E-state index is 0.799. The summed E-state index contributed by atoms with van der Waals surface area (Å²) in [6.45, 7) is 0. The van der Waals surface area contributed by atoms with E-state index in [0.717, 1.165) is 17.5 Å². The third-order valence-corrected chi connectivity index (χ3v) is 3.85. The number of hydrogen-bond donors (Lipinski definition) is 2. The van der Waals surface area contributed by atoms with E-state index in [1.54, 1.807) is 0 Å². The molecule has 0 amide bonds. The van der Waals surface area contributed by atoms with Crippen molar-refractivity contribution < 1.29 is 0 Å². The van der Waals surface area contributed by atoms with E-state index in [1.165, 1.54) is 43.5 Å². The van der Waals surface area contributed by atoms with Crippen molar-refractivity contribution in [3.05, 3.63) is 36.0 Å². The van der Waals surface area contributed by atoms with E-state index in [4.69, 9.17) is 0 Å². The highest BCUT2D eigenvalue weighted by Crippen LogP contribution is 2.39. The fraction of sp³-hybridized carbons (Fsp3) is 0.500. The van der Waals surface area contributed by atoms with Crippen molar-refractivity contribution in [2.75, 3.05) is 17.7 Å². The van der Waals surface area contributed by atoms with E-state index < -0.39 is 0 Å². The van der Waals surface area contributed by atoms with E-state index in [-0.39, 0.29) is 0 Å². The lowest BCUT2D eigenvalue weighted by molar-refractivity contribution is 0.843. The molecule has 0 radical (unpaired) electrons. The number of rotatable bonds is 6. The molecule has 0 aliphatic heterocycles. The molecule has 18 heavy (non-hydrogen) atoms. The van der Waals surface area contributed by atoms with E-state index in [0.29, 0.717) is 0 Å². The Labute approximate surface area is 109 Å². The van der Waals surface area contributed by atoms with Crippen LogP contribution in [0.2, 0.25) is 0 Å². The molecular formula is C16H22N2. The topological polar surface area (TPSA) is 24.1 Å². The molecule has 96 valence electrons. The molecule has 0 aromatic heterocycles. The van der Waals surface area contributed by atoms with Crippen LogP contribution in [-0.2, 0) is 0 Å². The summed E-state index contributed by atoms with van der Waals surface area (Å²) < 4.78 is 0. The first-order valence-electron chi connectivity index (χ1n) is 7.10. The van der Waals surface area contributed by atoms with Gasteiger partial charge in [-0.15, -0.1) is 0 Å². The van der Waals surface area contributed by atoms with Crippen molar-refractivity contribution in [2.24, 2.45) is 11.8 Å². The van der Waals surface area contributed by atoms with Gasteiger partial charge in [0, 0.05) is 24.1 Å². The van der Waals surface area contributed by atoms with Crippen molar-refractivity contribution >= 4 is 11.4 Å². The average molecular weight is 242 g/mol. The van der Waals surface area contributed by atoms with Crippen molar-refractivity contribution in [1.82, 2.24) is 0 Å². The zero-order valence-corrected chi connectivity index (χ0v) is 11.1. The maximum atomic E-state index is 3.61. The summed E-state index contributed by atoms with van der Waals surface area (Å²) in [5.74, 6) is 1.78. The summed E-state index contributed by atoms with van der Waals surface area (Å²) in [7, 11) is 1.95. The van der Waals surface area contributed by atoms with Crippen LogP contribution in [0.15, 0.2) is 36.0 Å². The van der Waals surface area contributed by atoms with Gasteiger partial charge in [0.25, 0.3) is 0 Å². The van der Waals surface area contributed by atoms with Crippen LogP contribution in [0.5, 0.6) is 0 Å². The van der Waals surface area contributed by atoms with E-state index in [9.17, 15) is 0 Å². The largest absolute Gasteiger partial charge is 0.388 e. The molecular weight excluding hydrogens is 220 g/mol. The molecule has 2 N–H and O–H groups in total. The minimum Gasteiger partial charge on any atom is -0.388 e. The van der Waals surface area contributed by atoms with Crippen LogP contribution < -0.4 is 10.6 Å². The minimum absolute atomic E-state index is 0.799. The second-order valence-corrected chi connectivity index (χ2v) is 5.57. The van der Waals surface area contributed by atoms with E-state index in [1.807, 2.05) is 7.05 Å². The van der Waals surface area contributed by atoms with Crippen molar-refractivity contribution in [3.63, 3.8) is 0 Å². The Bertz CT molecular complexity index is 425. The first kappa shape index (κ1) is 11.6. The van der Waals surface area contributed by atoms with Gasteiger partial charge in [-0.1, -0.05) is 6.08 Å². The highest BCUT2D eigenvalue weighted by molar-refractivity contribution is 5.56. The lowest BCUT2D eigenvalue weighted by atomic mass is 10.2. The third-order valence-electron chi connectivity index (χ3n) is 3.85. The zero-order chi connectivity index (χ0) is 12.4. The lowest BCUT2D eigenvalue weighted by Crippen LogP contribution is -2.02. The third kappa shape index (κ3) is 3.06. The summed E-state index contributed by atoms with van der Waals surface area (Å²) in [5, 5.41) is 6.76. The SMILES string of the molecule is CNc1ccc(N/C(=C\CC2CC2)C2CC2)cc1. The van der Waals surface area contributed by atoms with Crippen molar-refractivity contribution in [2.45, 2.75) is 32.1 Å². The molecule has 0 bridgehead atoms. The second-order valence-electron chi connectivity index (χ2n) is 5.57. The Hall–Kier alpha value is -1.44.